The lowest BCUT2D eigenvalue weighted by Gasteiger charge is -2.08. The molecule has 0 aromatic heterocycles. The largest absolute Gasteiger partial charge is 0.353 e. The molecule has 2 fully saturated rings. The van der Waals surface area contributed by atoms with Crippen molar-refractivity contribution in [1.82, 2.24) is 5.32 Å². The van der Waals surface area contributed by atoms with Crippen molar-refractivity contribution in [3.63, 3.8) is 0 Å². The molecule has 0 radical (unpaired) electrons. The van der Waals surface area contributed by atoms with Crippen LogP contribution >= 0.6 is 0 Å². The van der Waals surface area contributed by atoms with E-state index < -0.39 is 0 Å². The molecular weight excluding hydrogens is 126 g/mol. The molecule has 0 aromatic carbocycles. The molecule has 1 N–H and O–H groups in total. The standard InChI is InChI=1S/C8H11NO/c1-2-3-7-5-4-6(5)8(10)9-7/h2,5-7H,1,3-4H2,(H,9,10)/t5-,6+,7+/m1/s1. The van der Waals surface area contributed by atoms with E-state index in [-0.39, 0.29) is 5.91 Å². The predicted octanol–water partition coefficient (Wildman–Crippen LogP) is 0.697. The molecule has 0 aromatic rings. The Labute approximate surface area is 60.3 Å². The van der Waals surface area contributed by atoms with Gasteiger partial charge in [0.05, 0.1) is 0 Å². The number of amides is 1. The second-order valence-electron chi connectivity index (χ2n) is 3.15. The quantitative estimate of drug-likeness (QED) is 0.557. The van der Waals surface area contributed by atoms with E-state index in [9.17, 15) is 4.79 Å². The van der Waals surface area contributed by atoms with Crippen LogP contribution in [0, 0.1) is 11.8 Å². The molecule has 1 aliphatic carbocycles. The molecule has 1 aliphatic heterocycles. The van der Waals surface area contributed by atoms with Gasteiger partial charge in [0.1, 0.15) is 0 Å². The number of carbonyl (C=O) groups excluding carboxylic acids is 1. The van der Waals surface area contributed by atoms with E-state index in [1.807, 2.05) is 6.08 Å². The van der Waals surface area contributed by atoms with E-state index >= 15 is 0 Å². The number of carbonyl (C=O) groups is 1. The van der Waals surface area contributed by atoms with Crippen molar-refractivity contribution in [2.45, 2.75) is 18.9 Å². The predicted molar refractivity (Wildman–Crippen MR) is 38.3 cm³/mol. The zero-order valence-electron chi connectivity index (χ0n) is 5.84. The number of nitrogens with one attached hydrogen (secondary N) is 1. The van der Waals surface area contributed by atoms with E-state index in [0.29, 0.717) is 17.9 Å². The molecule has 3 atom stereocenters. The van der Waals surface area contributed by atoms with Crippen molar-refractivity contribution in [2.24, 2.45) is 11.8 Å². The first-order valence-electron chi connectivity index (χ1n) is 3.74. The first kappa shape index (κ1) is 5.96. The van der Waals surface area contributed by atoms with E-state index in [0.717, 1.165) is 12.8 Å². The van der Waals surface area contributed by atoms with Gasteiger partial charge in [0, 0.05) is 12.0 Å². The van der Waals surface area contributed by atoms with Gasteiger partial charge in [0.25, 0.3) is 0 Å². The number of fused-ring (bicyclic) bond motifs is 1. The molecule has 2 aliphatic rings. The average Bonchev–Trinajstić information content (AvgIpc) is 2.59. The maximum atomic E-state index is 11.0. The van der Waals surface area contributed by atoms with Gasteiger partial charge >= 0.3 is 0 Å². The highest BCUT2D eigenvalue weighted by molar-refractivity contribution is 5.85. The van der Waals surface area contributed by atoms with Crippen molar-refractivity contribution in [3.05, 3.63) is 12.7 Å². The maximum Gasteiger partial charge on any atom is 0.223 e. The highest BCUT2D eigenvalue weighted by Gasteiger charge is 2.53. The van der Waals surface area contributed by atoms with Crippen molar-refractivity contribution in [3.8, 4) is 0 Å². The molecule has 2 rings (SSSR count). The van der Waals surface area contributed by atoms with Crippen molar-refractivity contribution >= 4 is 5.91 Å². The molecule has 2 heteroatoms. The van der Waals surface area contributed by atoms with Gasteiger partial charge < -0.3 is 5.32 Å². The number of hydrogen-bond acceptors (Lipinski definition) is 1. The van der Waals surface area contributed by atoms with Crippen molar-refractivity contribution in [2.75, 3.05) is 0 Å². The molecule has 2 nitrogen and oxygen atoms in total. The van der Waals surface area contributed by atoms with Gasteiger partial charge in [-0.15, -0.1) is 6.58 Å². The van der Waals surface area contributed by atoms with Crippen LogP contribution < -0.4 is 5.32 Å². The van der Waals surface area contributed by atoms with Crippen LogP contribution in [0.5, 0.6) is 0 Å². The van der Waals surface area contributed by atoms with E-state index in [2.05, 4.69) is 11.9 Å². The summed E-state index contributed by atoms with van der Waals surface area (Å²) in [5, 5.41) is 2.94. The summed E-state index contributed by atoms with van der Waals surface area (Å²) in [5.41, 5.74) is 0. The second-order valence-corrected chi connectivity index (χ2v) is 3.15. The Balaban J connectivity index is 2.01. The van der Waals surface area contributed by atoms with Crippen LogP contribution in [0.15, 0.2) is 12.7 Å². The lowest BCUT2D eigenvalue weighted by atomic mass is 10.1. The Bertz CT molecular complexity index is 188. The lowest BCUT2D eigenvalue weighted by molar-refractivity contribution is -0.121. The molecule has 1 saturated carbocycles. The van der Waals surface area contributed by atoms with Gasteiger partial charge in [-0.05, 0) is 18.8 Å². The van der Waals surface area contributed by atoms with Gasteiger partial charge in [-0.2, -0.15) is 0 Å². The molecule has 1 saturated heterocycles. The second kappa shape index (κ2) is 1.84. The van der Waals surface area contributed by atoms with Gasteiger partial charge in [-0.3, -0.25) is 4.79 Å². The molecule has 1 heterocycles. The molecule has 0 bridgehead atoms. The SMILES string of the molecule is C=CC[C@@H]1NC(=O)[C@H]2C[C@@H]12. The Morgan fingerprint density at radius 2 is 2.60 bits per heavy atom. The minimum absolute atomic E-state index is 0.261. The topological polar surface area (TPSA) is 29.1 Å². The maximum absolute atomic E-state index is 11.0. The molecule has 0 unspecified atom stereocenters. The first-order valence-corrected chi connectivity index (χ1v) is 3.74. The summed E-state index contributed by atoms with van der Waals surface area (Å²) >= 11 is 0. The van der Waals surface area contributed by atoms with E-state index in [4.69, 9.17) is 0 Å². The van der Waals surface area contributed by atoms with Crippen LogP contribution in [0.3, 0.4) is 0 Å². The van der Waals surface area contributed by atoms with Crippen LogP contribution in [-0.4, -0.2) is 11.9 Å². The summed E-state index contributed by atoms with van der Waals surface area (Å²) in [5.74, 6) is 1.27. The molecule has 54 valence electrons. The summed E-state index contributed by atoms with van der Waals surface area (Å²) in [4.78, 5) is 11.0. The smallest absolute Gasteiger partial charge is 0.223 e. The highest BCUT2D eigenvalue weighted by atomic mass is 16.2. The highest BCUT2D eigenvalue weighted by Crippen LogP contribution is 2.46. The van der Waals surface area contributed by atoms with E-state index in [1.165, 1.54) is 0 Å². The first-order chi connectivity index (χ1) is 4.83. The van der Waals surface area contributed by atoms with Crippen LogP contribution in [0.25, 0.3) is 0 Å². The molecule has 1 amide bonds. The van der Waals surface area contributed by atoms with Crippen molar-refractivity contribution < 1.29 is 4.79 Å². The fraction of sp³-hybridized carbons (Fsp3) is 0.625. The average molecular weight is 137 g/mol. The van der Waals surface area contributed by atoms with Gasteiger partial charge in [0.2, 0.25) is 5.91 Å². The minimum atomic E-state index is 0.261. The van der Waals surface area contributed by atoms with Crippen LogP contribution in [-0.2, 0) is 4.79 Å². The Morgan fingerprint density at radius 3 is 3.00 bits per heavy atom. The van der Waals surface area contributed by atoms with Crippen LogP contribution in [0.1, 0.15) is 12.8 Å². The number of rotatable bonds is 2. The normalized spacial score (nSPS) is 42.4. The summed E-state index contributed by atoms with van der Waals surface area (Å²) in [6.07, 6.45) is 3.93. The molecule has 0 spiro atoms. The summed E-state index contributed by atoms with van der Waals surface area (Å²) in [7, 11) is 0. The monoisotopic (exact) mass is 137 g/mol. The third-order valence-electron chi connectivity index (χ3n) is 2.44. The van der Waals surface area contributed by atoms with Gasteiger partial charge in [0.15, 0.2) is 0 Å². The zero-order chi connectivity index (χ0) is 7.14. The van der Waals surface area contributed by atoms with Crippen molar-refractivity contribution in [1.29, 1.82) is 0 Å². The zero-order valence-corrected chi connectivity index (χ0v) is 5.84. The summed E-state index contributed by atoms with van der Waals surface area (Å²) in [6, 6.07) is 0.412. The number of piperidine rings is 1. The Kier molecular flexibility index (Phi) is 1.10. The fourth-order valence-electron chi connectivity index (χ4n) is 1.77. The van der Waals surface area contributed by atoms with E-state index in [1.54, 1.807) is 0 Å². The molecule has 10 heavy (non-hydrogen) atoms. The third-order valence-corrected chi connectivity index (χ3v) is 2.44. The van der Waals surface area contributed by atoms with Gasteiger partial charge in [-0.1, -0.05) is 6.08 Å². The molecular formula is C8H11NO. The Morgan fingerprint density at radius 1 is 1.80 bits per heavy atom. The van der Waals surface area contributed by atoms with Crippen LogP contribution in [0.2, 0.25) is 0 Å². The fourth-order valence-corrected chi connectivity index (χ4v) is 1.77. The van der Waals surface area contributed by atoms with Crippen LogP contribution in [0.4, 0.5) is 0 Å². The summed E-state index contributed by atoms with van der Waals surface area (Å²) < 4.78 is 0. The number of hydrogen-bond donors (Lipinski definition) is 1. The Hall–Kier alpha value is -0.790. The minimum Gasteiger partial charge on any atom is -0.353 e. The third kappa shape index (κ3) is 0.681. The lowest BCUT2D eigenvalue weighted by Crippen LogP contribution is -2.29. The van der Waals surface area contributed by atoms with Gasteiger partial charge in [-0.25, -0.2) is 0 Å². The summed E-state index contributed by atoms with van der Waals surface area (Å²) in [6.45, 7) is 3.65.